The number of halogens is 1. The van der Waals surface area contributed by atoms with Gasteiger partial charge in [0.15, 0.2) is 19.2 Å². The van der Waals surface area contributed by atoms with Crippen molar-refractivity contribution in [3.8, 4) is 5.75 Å². The standard InChI is InChI=1S/C26H29ClN3O7P.C3H6O2/c1-17-11-28(15-29(17)16-37-38(32)33)22-8-3-18(9-24(22)34-2)10-25-26(31)30-21(13-36-25)12-35-14-23(30)19-4-6-20(27)7-5-19;1-3(4)5-2/h3-11,21,23,32-33H,12-16H2,1-2H3;1-2H3/p+1/b25-10-;/t21-,23+;/m1./s1. The van der Waals surface area contributed by atoms with Crippen LogP contribution in [-0.4, -0.2) is 80.0 Å². The van der Waals surface area contributed by atoms with Crippen molar-refractivity contribution >= 4 is 43.8 Å². The molecule has 5 rings (SSSR count). The van der Waals surface area contributed by atoms with E-state index >= 15 is 0 Å². The van der Waals surface area contributed by atoms with Crippen LogP contribution >= 0.6 is 20.2 Å². The molecule has 2 aromatic carbocycles. The van der Waals surface area contributed by atoms with Crippen LogP contribution in [0.1, 0.15) is 31.0 Å². The van der Waals surface area contributed by atoms with E-state index < -0.39 is 8.60 Å². The van der Waals surface area contributed by atoms with Crippen molar-refractivity contribution in [3.05, 3.63) is 76.3 Å². The number of ether oxygens (including phenoxy) is 4. The zero-order valence-corrected chi connectivity index (χ0v) is 26.0. The molecule has 0 aliphatic carbocycles. The number of quaternary nitrogens is 1. The Hall–Kier alpha value is -3.22. The molecular formula is C29H36ClN3O9P+. The Morgan fingerprint density at radius 2 is 1.88 bits per heavy atom. The molecule has 2 saturated heterocycles. The number of carbonyl (C=O) groups excluding carboxylic acids is 2. The van der Waals surface area contributed by atoms with Crippen molar-refractivity contribution in [2.75, 3.05) is 52.3 Å². The summed E-state index contributed by atoms with van der Waals surface area (Å²) < 4.78 is 26.5. The molecule has 14 heteroatoms. The highest BCUT2D eigenvalue weighted by Crippen LogP contribution is 2.35. The highest BCUT2D eigenvalue weighted by atomic mass is 35.5. The lowest BCUT2D eigenvalue weighted by Gasteiger charge is -2.45. The highest BCUT2D eigenvalue weighted by molar-refractivity contribution is 7.39. The van der Waals surface area contributed by atoms with Gasteiger partial charge in [0, 0.05) is 18.9 Å². The zero-order chi connectivity index (χ0) is 31.1. The Morgan fingerprint density at radius 1 is 1.16 bits per heavy atom. The number of anilines is 1. The van der Waals surface area contributed by atoms with E-state index in [1.807, 2.05) is 65.4 Å². The van der Waals surface area contributed by atoms with Gasteiger partial charge in [-0.15, -0.1) is 0 Å². The third kappa shape index (κ3) is 8.24. The van der Waals surface area contributed by atoms with E-state index in [4.69, 9.17) is 40.1 Å². The maximum atomic E-state index is 13.6. The van der Waals surface area contributed by atoms with Gasteiger partial charge < -0.3 is 33.6 Å². The Kier molecular flexibility index (Phi) is 11.4. The number of hydrogen-bond donors (Lipinski definition) is 3. The summed E-state index contributed by atoms with van der Waals surface area (Å²) in [6.45, 7) is 5.17. The first-order chi connectivity index (χ1) is 20.6. The van der Waals surface area contributed by atoms with Crippen LogP contribution in [0.2, 0.25) is 5.02 Å². The van der Waals surface area contributed by atoms with Crippen LogP contribution in [0.3, 0.4) is 0 Å². The minimum Gasteiger partial charge on any atom is -0.495 e. The third-order valence-electron chi connectivity index (χ3n) is 7.17. The van der Waals surface area contributed by atoms with Gasteiger partial charge in [0.2, 0.25) is 0 Å². The predicted octanol–water partition coefficient (Wildman–Crippen LogP) is 2.58. The number of allylic oxidation sites excluding steroid dienone is 1. The van der Waals surface area contributed by atoms with Gasteiger partial charge in [-0.25, -0.2) is 0 Å². The largest absolute Gasteiger partial charge is 0.495 e. The number of carbonyl (C=O) groups is 2. The molecule has 1 amide bonds. The number of rotatable bonds is 7. The number of hydrogen-bond acceptors (Lipinski definition) is 10. The number of esters is 1. The van der Waals surface area contributed by atoms with Crippen molar-refractivity contribution in [3.63, 3.8) is 0 Å². The molecule has 3 atom stereocenters. The molecule has 0 saturated carbocycles. The van der Waals surface area contributed by atoms with Crippen molar-refractivity contribution in [1.82, 2.24) is 4.90 Å². The predicted molar refractivity (Wildman–Crippen MR) is 160 cm³/mol. The number of methoxy groups -OCH3 is 2. The second-order valence-corrected chi connectivity index (χ2v) is 11.2. The first-order valence-corrected chi connectivity index (χ1v) is 15.0. The summed E-state index contributed by atoms with van der Waals surface area (Å²) in [6.07, 6.45) is 3.70. The SMILES string of the molecule is COC(C)=O.COc1cc(/C=C2\OC[C@H]3COC[C@@H](c4ccc(Cl)cc4)N3C2=O)ccc1N1C=C(C)[NH+](COP(O)O)C1. The number of nitrogens with zero attached hydrogens (tertiary/aromatic N) is 2. The van der Waals surface area contributed by atoms with Gasteiger partial charge in [-0.2, -0.15) is 0 Å². The van der Waals surface area contributed by atoms with Crippen LogP contribution < -0.4 is 14.5 Å². The topological polar surface area (TPSA) is 132 Å². The first-order valence-electron chi connectivity index (χ1n) is 13.4. The van der Waals surface area contributed by atoms with Crippen LogP contribution in [0.5, 0.6) is 5.75 Å². The molecule has 3 aliphatic heterocycles. The maximum absolute atomic E-state index is 13.6. The fourth-order valence-corrected chi connectivity index (χ4v) is 5.31. The average Bonchev–Trinajstić information content (AvgIpc) is 3.37. The Labute approximate surface area is 256 Å². The molecular weight excluding hydrogens is 601 g/mol. The zero-order valence-electron chi connectivity index (χ0n) is 24.4. The lowest BCUT2D eigenvalue weighted by Crippen LogP contribution is -3.09. The van der Waals surface area contributed by atoms with Crippen LogP contribution in [-0.2, 0) is 28.3 Å². The van der Waals surface area contributed by atoms with Gasteiger partial charge in [-0.05, 0) is 41.5 Å². The minimum absolute atomic E-state index is 0.142. The average molecular weight is 637 g/mol. The molecule has 2 aromatic rings. The van der Waals surface area contributed by atoms with Crippen molar-refractivity contribution in [1.29, 1.82) is 0 Å². The normalized spacial score (nSPS) is 22.4. The lowest BCUT2D eigenvalue weighted by atomic mass is 10.0. The molecule has 0 aromatic heterocycles. The summed E-state index contributed by atoms with van der Waals surface area (Å²) in [5, 5.41) is 0.639. The van der Waals surface area contributed by atoms with Crippen molar-refractivity contribution in [2.45, 2.75) is 25.9 Å². The van der Waals surface area contributed by atoms with Crippen LogP contribution in [0.15, 0.2) is 60.1 Å². The molecule has 232 valence electrons. The van der Waals surface area contributed by atoms with Gasteiger partial charge in [0.05, 0.1) is 51.4 Å². The molecule has 1 unspecified atom stereocenters. The van der Waals surface area contributed by atoms with Crippen molar-refractivity contribution < 1.29 is 47.7 Å². The summed E-state index contributed by atoms with van der Waals surface area (Å²) >= 11 is 6.07. The summed E-state index contributed by atoms with van der Waals surface area (Å²) in [4.78, 5) is 46.1. The van der Waals surface area contributed by atoms with E-state index in [1.165, 1.54) is 14.0 Å². The molecule has 2 fully saturated rings. The van der Waals surface area contributed by atoms with Gasteiger partial charge in [0.25, 0.3) is 5.91 Å². The molecule has 0 bridgehead atoms. The summed E-state index contributed by atoms with van der Waals surface area (Å²) in [7, 11) is 0.539. The second kappa shape index (κ2) is 15.0. The molecule has 43 heavy (non-hydrogen) atoms. The van der Waals surface area contributed by atoms with E-state index in [9.17, 15) is 9.59 Å². The molecule has 3 aliphatic rings. The third-order valence-corrected chi connectivity index (χ3v) is 7.78. The van der Waals surface area contributed by atoms with Crippen molar-refractivity contribution in [2.24, 2.45) is 0 Å². The van der Waals surface area contributed by atoms with Gasteiger partial charge >= 0.3 is 14.6 Å². The molecule has 3 N–H and O–H groups in total. The van der Waals surface area contributed by atoms with E-state index in [-0.39, 0.29) is 36.5 Å². The second-order valence-electron chi connectivity index (χ2n) is 9.99. The molecule has 0 radical (unpaired) electrons. The monoisotopic (exact) mass is 636 g/mol. The summed E-state index contributed by atoms with van der Waals surface area (Å²) in [5.74, 6) is 0.470. The first kappa shape index (κ1) is 32.7. The number of amides is 1. The Balaban J connectivity index is 0.000000782. The van der Waals surface area contributed by atoms with Gasteiger partial charge in [-0.3, -0.25) is 23.9 Å². The maximum Gasteiger partial charge on any atom is 0.331 e. The number of fused-ring (bicyclic) bond motifs is 1. The van der Waals surface area contributed by atoms with E-state index in [2.05, 4.69) is 4.74 Å². The van der Waals surface area contributed by atoms with E-state index in [0.717, 1.165) is 27.4 Å². The minimum atomic E-state index is -2.41. The number of nitrogens with one attached hydrogen (secondary N) is 1. The smallest absolute Gasteiger partial charge is 0.331 e. The molecule has 0 spiro atoms. The summed E-state index contributed by atoms with van der Waals surface area (Å²) in [5.41, 5.74) is 3.56. The fraction of sp³-hybridized carbons (Fsp3) is 0.379. The van der Waals surface area contributed by atoms with Crippen LogP contribution in [0.25, 0.3) is 6.08 Å². The van der Waals surface area contributed by atoms with Gasteiger partial charge in [-0.1, -0.05) is 29.8 Å². The molecule has 12 nitrogen and oxygen atoms in total. The van der Waals surface area contributed by atoms with Gasteiger partial charge in [0.1, 0.15) is 18.1 Å². The summed E-state index contributed by atoms with van der Waals surface area (Å²) in [6, 6.07) is 12.8. The quantitative estimate of drug-likeness (QED) is 0.237. The van der Waals surface area contributed by atoms with E-state index in [1.54, 1.807) is 13.2 Å². The fourth-order valence-electron chi connectivity index (χ4n) is 4.91. The van der Waals surface area contributed by atoms with E-state index in [0.29, 0.717) is 37.3 Å². The van der Waals surface area contributed by atoms with Crippen LogP contribution in [0.4, 0.5) is 5.69 Å². The molecule has 3 heterocycles. The number of benzene rings is 2. The van der Waals surface area contributed by atoms with Crippen LogP contribution in [0, 0.1) is 0 Å². The highest BCUT2D eigenvalue weighted by Gasteiger charge is 2.41. The Bertz CT molecular complexity index is 1360. The number of morpholine rings is 2. The lowest BCUT2D eigenvalue weighted by molar-refractivity contribution is -0.871. The Morgan fingerprint density at radius 3 is 2.53 bits per heavy atom.